The summed E-state index contributed by atoms with van der Waals surface area (Å²) in [7, 11) is -1.98. The van der Waals surface area contributed by atoms with E-state index >= 15 is 0 Å². The third kappa shape index (κ3) is 5.13. The molecule has 2 heterocycles. The van der Waals surface area contributed by atoms with Crippen LogP contribution in [0.1, 0.15) is 19.3 Å². The number of ether oxygens (including phenoxy) is 1. The van der Waals surface area contributed by atoms with Crippen molar-refractivity contribution in [2.24, 2.45) is 0 Å². The highest BCUT2D eigenvalue weighted by atomic mass is 32.2. The summed E-state index contributed by atoms with van der Waals surface area (Å²) in [6.07, 6.45) is 2.45. The third-order valence-electron chi connectivity index (χ3n) is 6.55. The normalized spacial score (nSPS) is 20.2. The Kier molecular flexibility index (Phi) is 7.16. The summed E-state index contributed by atoms with van der Waals surface area (Å²) in [5.41, 5.74) is 0.995. The Hall–Kier alpha value is -2.69. The largest absolute Gasteiger partial charge is 0.495 e. The van der Waals surface area contributed by atoms with Gasteiger partial charge in [-0.05, 0) is 50.1 Å². The van der Waals surface area contributed by atoms with Gasteiger partial charge >= 0.3 is 0 Å². The molecule has 178 valence electrons. The van der Waals surface area contributed by atoms with Crippen LogP contribution < -0.4 is 9.64 Å². The first-order valence-corrected chi connectivity index (χ1v) is 12.7. The maximum Gasteiger partial charge on any atom is 0.269 e. The molecule has 2 aliphatic rings. The van der Waals surface area contributed by atoms with Crippen molar-refractivity contribution in [2.75, 3.05) is 51.3 Å². The average molecular weight is 475 g/mol. The summed E-state index contributed by atoms with van der Waals surface area (Å²) in [4.78, 5) is 15.2. The van der Waals surface area contributed by atoms with Crippen molar-refractivity contribution in [2.45, 2.75) is 30.2 Å². The number of nitro groups is 1. The lowest BCUT2D eigenvalue weighted by molar-refractivity contribution is -0.384. The second-order valence-electron chi connectivity index (χ2n) is 8.45. The van der Waals surface area contributed by atoms with Gasteiger partial charge in [-0.15, -0.1) is 0 Å². The monoisotopic (exact) mass is 474 g/mol. The van der Waals surface area contributed by atoms with E-state index in [9.17, 15) is 18.5 Å². The van der Waals surface area contributed by atoms with Crippen LogP contribution in [0, 0.1) is 10.1 Å². The molecule has 2 aromatic carbocycles. The van der Waals surface area contributed by atoms with Gasteiger partial charge in [0.15, 0.2) is 0 Å². The maximum absolute atomic E-state index is 13.2. The van der Waals surface area contributed by atoms with Crippen LogP contribution in [0.15, 0.2) is 53.4 Å². The second-order valence-corrected chi connectivity index (χ2v) is 10.3. The molecule has 2 aromatic rings. The zero-order valence-corrected chi connectivity index (χ0v) is 19.6. The molecule has 0 amide bonds. The quantitative estimate of drug-likeness (QED) is 0.429. The van der Waals surface area contributed by atoms with Crippen LogP contribution in [0.4, 0.5) is 11.4 Å². The molecule has 0 aliphatic carbocycles. The SMILES string of the molecule is COc1ccccc1N1CCN(CC[C@H]2CCCN2S(=O)(=O)c2ccc([N+](=O)[O-])cc2)CC1. The molecular weight excluding hydrogens is 444 g/mol. The lowest BCUT2D eigenvalue weighted by Crippen LogP contribution is -2.47. The lowest BCUT2D eigenvalue weighted by Gasteiger charge is -2.37. The molecule has 10 heteroatoms. The van der Waals surface area contributed by atoms with Crippen LogP contribution in [0.5, 0.6) is 5.75 Å². The van der Waals surface area contributed by atoms with Gasteiger partial charge in [0.05, 0.1) is 22.6 Å². The lowest BCUT2D eigenvalue weighted by atomic mass is 10.1. The number of benzene rings is 2. The number of para-hydroxylation sites is 2. The fourth-order valence-corrected chi connectivity index (χ4v) is 6.45. The fourth-order valence-electron chi connectivity index (χ4n) is 4.72. The van der Waals surface area contributed by atoms with Gasteiger partial charge in [0, 0.05) is 50.9 Å². The van der Waals surface area contributed by atoms with Crippen molar-refractivity contribution in [1.29, 1.82) is 0 Å². The van der Waals surface area contributed by atoms with E-state index in [4.69, 9.17) is 4.74 Å². The molecule has 0 unspecified atom stereocenters. The van der Waals surface area contributed by atoms with Crippen LogP contribution in [0.3, 0.4) is 0 Å². The van der Waals surface area contributed by atoms with E-state index in [1.807, 2.05) is 18.2 Å². The predicted octanol–water partition coefficient (Wildman–Crippen LogP) is 2.97. The number of hydrogen-bond donors (Lipinski definition) is 0. The first-order chi connectivity index (χ1) is 15.9. The van der Waals surface area contributed by atoms with E-state index in [0.717, 1.165) is 63.4 Å². The van der Waals surface area contributed by atoms with E-state index in [0.29, 0.717) is 6.54 Å². The van der Waals surface area contributed by atoms with Gasteiger partial charge in [0.1, 0.15) is 5.75 Å². The van der Waals surface area contributed by atoms with Gasteiger partial charge in [0.2, 0.25) is 10.0 Å². The van der Waals surface area contributed by atoms with Crippen LogP contribution >= 0.6 is 0 Å². The molecular formula is C23H30N4O5S. The molecule has 0 aromatic heterocycles. The Morgan fingerprint density at radius 1 is 1.03 bits per heavy atom. The van der Waals surface area contributed by atoms with Gasteiger partial charge < -0.3 is 9.64 Å². The van der Waals surface area contributed by atoms with Gasteiger partial charge in [-0.25, -0.2) is 8.42 Å². The minimum atomic E-state index is -3.67. The second kappa shape index (κ2) is 10.1. The van der Waals surface area contributed by atoms with E-state index in [1.54, 1.807) is 11.4 Å². The zero-order chi connectivity index (χ0) is 23.4. The molecule has 0 saturated carbocycles. The van der Waals surface area contributed by atoms with E-state index < -0.39 is 14.9 Å². The van der Waals surface area contributed by atoms with Gasteiger partial charge in [0.25, 0.3) is 5.69 Å². The highest BCUT2D eigenvalue weighted by Gasteiger charge is 2.35. The highest BCUT2D eigenvalue weighted by Crippen LogP contribution is 2.30. The molecule has 2 aliphatic heterocycles. The summed E-state index contributed by atoms with van der Waals surface area (Å²) in [5.74, 6) is 0.879. The summed E-state index contributed by atoms with van der Waals surface area (Å²) in [6, 6.07) is 13.2. The molecule has 33 heavy (non-hydrogen) atoms. The molecule has 0 spiro atoms. The molecule has 0 N–H and O–H groups in total. The van der Waals surface area contributed by atoms with E-state index in [-0.39, 0.29) is 16.6 Å². The van der Waals surface area contributed by atoms with Crippen molar-refractivity contribution in [3.63, 3.8) is 0 Å². The number of sulfonamides is 1. The summed E-state index contributed by atoms with van der Waals surface area (Å²) >= 11 is 0. The third-order valence-corrected chi connectivity index (χ3v) is 8.52. The smallest absolute Gasteiger partial charge is 0.269 e. The van der Waals surface area contributed by atoms with Gasteiger partial charge in [-0.1, -0.05) is 12.1 Å². The van der Waals surface area contributed by atoms with Crippen LogP contribution in [0.2, 0.25) is 0 Å². The van der Waals surface area contributed by atoms with Crippen LogP contribution in [-0.2, 0) is 10.0 Å². The number of piperazine rings is 1. The van der Waals surface area contributed by atoms with Crippen LogP contribution in [0.25, 0.3) is 0 Å². The Bertz CT molecular complexity index is 1070. The Morgan fingerprint density at radius 3 is 2.39 bits per heavy atom. The molecule has 1 atom stereocenters. The van der Waals surface area contributed by atoms with Gasteiger partial charge in [-0.2, -0.15) is 4.31 Å². The Balaban J connectivity index is 1.33. The van der Waals surface area contributed by atoms with Crippen molar-refractivity contribution in [1.82, 2.24) is 9.21 Å². The van der Waals surface area contributed by atoms with Crippen molar-refractivity contribution < 1.29 is 18.1 Å². The molecule has 0 bridgehead atoms. The fraction of sp³-hybridized carbons (Fsp3) is 0.478. The van der Waals surface area contributed by atoms with E-state index in [2.05, 4.69) is 15.9 Å². The molecule has 9 nitrogen and oxygen atoms in total. The average Bonchev–Trinajstić information content (AvgIpc) is 3.33. The minimum Gasteiger partial charge on any atom is -0.495 e. The first-order valence-electron chi connectivity index (χ1n) is 11.3. The predicted molar refractivity (Wildman–Crippen MR) is 126 cm³/mol. The number of rotatable bonds is 8. The Morgan fingerprint density at radius 2 is 1.73 bits per heavy atom. The number of nitro benzene ring substituents is 1. The number of nitrogens with zero attached hydrogens (tertiary/aromatic N) is 4. The standard InChI is InChI=1S/C23H30N4O5S/c1-32-23-7-3-2-6-22(23)25-17-15-24(16-18-25)14-12-19-5-4-13-26(19)33(30,31)21-10-8-20(9-11-21)27(28)29/h2-3,6-11,19H,4-5,12-18H2,1H3/t19-/m1/s1. The molecule has 2 fully saturated rings. The minimum absolute atomic E-state index is 0.0440. The summed E-state index contributed by atoms with van der Waals surface area (Å²) in [6.45, 7) is 4.97. The van der Waals surface area contributed by atoms with E-state index in [1.165, 1.54) is 24.3 Å². The molecule has 0 radical (unpaired) electrons. The Labute approximate surface area is 194 Å². The summed E-state index contributed by atoms with van der Waals surface area (Å²) < 4.78 is 33.4. The number of non-ortho nitro benzene ring substituents is 1. The number of anilines is 1. The van der Waals surface area contributed by atoms with Gasteiger partial charge in [-0.3, -0.25) is 15.0 Å². The first kappa shape index (κ1) is 23.5. The van der Waals surface area contributed by atoms with Crippen molar-refractivity contribution >= 4 is 21.4 Å². The highest BCUT2D eigenvalue weighted by molar-refractivity contribution is 7.89. The molecule has 4 rings (SSSR count). The number of hydrogen-bond acceptors (Lipinski definition) is 7. The van der Waals surface area contributed by atoms with Crippen molar-refractivity contribution in [3.05, 3.63) is 58.6 Å². The maximum atomic E-state index is 13.2. The zero-order valence-electron chi connectivity index (χ0n) is 18.8. The molecule has 2 saturated heterocycles. The number of methoxy groups -OCH3 is 1. The van der Waals surface area contributed by atoms with Crippen LogP contribution in [-0.4, -0.2) is 75.0 Å². The summed E-state index contributed by atoms with van der Waals surface area (Å²) in [5, 5.41) is 10.9. The topological polar surface area (TPSA) is 96.2 Å². The van der Waals surface area contributed by atoms with Crippen molar-refractivity contribution in [3.8, 4) is 5.75 Å².